The van der Waals surface area contributed by atoms with Crippen molar-refractivity contribution in [1.82, 2.24) is 0 Å². The van der Waals surface area contributed by atoms with Crippen molar-refractivity contribution in [2.75, 3.05) is 13.7 Å². The molecule has 1 aromatic rings. The van der Waals surface area contributed by atoms with E-state index in [-0.39, 0.29) is 11.9 Å². The van der Waals surface area contributed by atoms with Crippen molar-refractivity contribution in [2.24, 2.45) is 10.9 Å². The number of oxime groups is 1. The second-order valence-electron chi connectivity index (χ2n) is 3.82. The molecule has 5 nitrogen and oxygen atoms in total. The number of amidine groups is 1. The molecule has 0 saturated heterocycles. The Bertz CT molecular complexity index is 405. The van der Waals surface area contributed by atoms with E-state index in [9.17, 15) is 0 Å². The first-order valence-electron chi connectivity index (χ1n) is 5.32. The third kappa shape index (κ3) is 3.64. The topological polar surface area (TPSA) is 77.1 Å². The van der Waals surface area contributed by atoms with Gasteiger partial charge in [0.25, 0.3) is 0 Å². The van der Waals surface area contributed by atoms with Crippen LogP contribution in [-0.4, -0.2) is 30.9 Å². The fourth-order valence-electron chi connectivity index (χ4n) is 1.25. The van der Waals surface area contributed by atoms with Crippen LogP contribution in [0.1, 0.15) is 18.1 Å². The molecule has 0 fully saturated rings. The van der Waals surface area contributed by atoms with Crippen LogP contribution in [0, 0.1) is 6.92 Å². The first kappa shape index (κ1) is 13.3. The molecule has 0 aromatic heterocycles. The Morgan fingerprint density at radius 2 is 2.24 bits per heavy atom. The van der Waals surface area contributed by atoms with E-state index in [1.54, 1.807) is 19.2 Å². The van der Waals surface area contributed by atoms with Crippen molar-refractivity contribution in [3.05, 3.63) is 29.3 Å². The quantitative estimate of drug-likeness (QED) is 0.353. The Labute approximate surface area is 101 Å². The molecule has 1 rings (SSSR count). The van der Waals surface area contributed by atoms with E-state index in [1.807, 2.05) is 19.9 Å². The SMILES string of the molecule is COC(C)COc1cc(/C(N)=N/O)ccc1C. The van der Waals surface area contributed by atoms with Gasteiger partial charge in [-0.3, -0.25) is 0 Å². The highest BCUT2D eigenvalue weighted by Crippen LogP contribution is 2.19. The van der Waals surface area contributed by atoms with Crippen molar-refractivity contribution in [2.45, 2.75) is 20.0 Å². The molecule has 0 radical (unpaired) electrons. The van der Waals surface area contributed by atoms with Gasteiger partial charge in [0.2, 0.25) is 0 Å². The van der Waals surface area contributed by atoms with E-state index in [4.69, 9.17) is 20.4 Å². The number of benzene rings is 1. The molecule has 0 spiro atoms. The van der Waals surface area contributed by atoms with Crippen LogP contribution in [0.25, 0.3) is 0 Å². The molecule has 1 unspecified atom stereocenters. The Morgan fingerprint density at radius 1 is 1.53 bits per heavy atom. The van der Waals surface area contributed by atoms with Gasteiger partial charge >= 0.3 is 0 Å². The van der Waals surface area contributed by atoms with E-state index in [2.05, 4.69) is 5.16 Å². The fraction of sp³-hybridized carbons (Fsp3) is 0.417. The summed E-state index contributed by atoms with van der Waals surface area (Å²) in [5.41, 5.74) is 7.13. The lowest BCUT2D eigenvalue weighted by Crippen LogP contribution is -2.17. The van der Waals surface area contributed by atoms with Crippen molar-refractivity contribution in [3.8, 4) is 5.75 Å². The van der Waals surface area contributed by atoms with Crippen LogP contribution < -0.4 is 10.5 Å². The fourth-order valence-corrected chi connectivity index (χ4v) is 1.25. The lowest BCUT2D eigenvalue weighted by atomic mass is 10.1. The first-order valence-corrected chi connectivity index (χ1v) is 5.32. The maximum absolute atomic E-state index is 8.61. The number of hydrogen-bond acceptors (Lipinski definition) is 4. The lowest BCUT2D eigenvalue weighted by molar-refractivity contribution is 0.0714. The maximum atomic E-state index is 8.61. The van der Waals surface area contributed by atoms with E-state index < -0.39 is 0 Å². The van der Waals surface area contributed by atoms with Gasteiger partial charge in [0, 0.05) is 12.7 Å². The highest BCUT2D eigenvalue weighted by molar-refractivity contribution is 5.97. The highest BCUT2D eigenvalue weighted by atomic mass is 16.5. The van der Waals surface area contributed by atoms with Gasteiger partial charge in [0.05, 0.1) is 6.10 Å². The standard InChI is InChI=1S/C12H18N2O3/c1-8-4-5-10(12(13)14-15)6-11(8)17-7-9(2)16-3/h4-6,9,15H,7H2,1-3H3,(H2,13,14). The van der Waals surface area contributed by atoms with Crippen molar-refractivity contribution in [1.29, 1.82) is 0 Å². The number of hydrogen-bond donors (Lipinski definition) is 2. The van der Waals surface area contributed by atoms with Crippen LogP contribution in [0.3, 0.4) is 0 Å². The summed E-state index contributed by atoms with van der Waals surface area (Å²) in [7, 11) is 1.63. The molecule has 0 bridgehead atoms. The molecule has 5 heteroatoms. The van der Waals surface area contributed by atoms with E-state index in [0.717, 1.165) is 5.56 Å². The summed E-state index contributed by atoms with van der Waals surface area (Å²) in [5, 5.41) is 11.6. The second-order valence-corrected chi connectivity index (χ2v) is 3.82. The number of nitrogens with two attached hydrogens (primary N) is 1. The Balaban J connectivity index is 2.84. The van der Waals surface area contributed by atoms with Gasteiger partial charge in [-0.05, 0) is 25.5 Å². The van der Waals surface area contributed by atoms with Gasteiger partial charge in [-0.2, -0.15) is 0 Å². The third-order valence-corrected chi connectivity index (χ3v) is 2.47. The number of nitrogens with zero attached hydrogens (tertiary/aromatic N) is 1. The first-order chi connectivity index (χ1) is 8.08. The Hall–Kier alpha value is -1.75. The molecule has 1 atom stereocenters. The predicted molar refractivity (Wildman–Crippen MR) is 65.7 cm³/mol. The minimum Gasteiger partial charge on any atom is -0.491 e. The molecule has 3 N–H and O–H groups in total. The molecular formula is C12H18N2O3. The molecule has 0 aliphatic carbocycles. The lowest BCUT2D eigenvalue weighted by Gasteiger charge is -2.14. The Morgan fingerprint density at radius 3 is 2.82 bits per heavy atom. The summed E-state index contributed by atoms with van der Waals surface area (Å²) in [6, 6.07) is 5.38. The summed E-state index contributed by atoms with van der Waals surface area (Å²) in [4.78, 5) is 0. The molecule has 0 heterocycles. The van der Waals surface area contributed by atoms with E-state index >= 15 is 0 Å². The van der Waals surface area contributed by atoms with Crippen LogP contribution in [0.2, 0.25) is 0 Å². The van der Waals surface area contributed by atoms with Crippen LogP contribution in [0.4, 0.5) is 0 Å². The van der Waals surface area contributed by atoms with E-state index in [0.29, 0.717) is 17.9 Å². The zero-order valence-electron chi connectivity index (χ0n) is 10.3. The molecule has 0 aliphatic rings. The molecule has 0 amide bonds. The van der Waals surface area contributed by atoms with Crippen LogP contribution in [0.5, 0.6) is 5.75 Å². The zero-order chi connectivity index (χ0) is 12.8. The zero-order valence-corrected chi connectivity index (χ0v) is 10.3. The summed E-state index contributed by atoms with van der Waals surface area (Å²) in [6.45, 7) is 4.31. The number of methoxy groups -OCH3 is 1. The number of ether oxygens (including phenoxy) is 2. The average Bonchev–Trinajstić information content (AvgIpc) is 2.36. The summed E-state index contributed by atoms with van der Waals surface area (Å²) in [5.74, 6) is 0.771. The van der Waals surface area contributed by atoms with Gasteiger partial charge in [-0.15, -0.1) is 0 Å². The van der Waals surface area contributed by atoms with Gasteiger partial charge in [0.15, 0.2) is 5.84 Å². The van der Waals surface area contributed by atoms with Crippen LogP contribution in [-0.2, 0) is 4.74 Å². The molecule has 17 heavy (non-hydrogen) atoms. The second kappa shape index (κ2) is 6.10. The molecule has 0 aliphatic heterocycles. The number of aryl methyl sites for hydroxylation is 1. The molecule has 94 valence electrons. The maximum Gasteiger partial charge on any atom is 0.170 e. The van der Waals surface area contributed by atoms with E-state index in [1.165, 1.54) is 0 Å². The predicted octanol–water partition coefficient (Wildman–Crippen LogP) is 1.50. The highest BCUT2D eigenvalue weighted by Gasteiger charge is 2.07. The molecular weight excluding hydrogens is 220 g/mol. The average molecular weight is 238 g/mol. The summed E-state index contributed by atoms with van der Waals surface area (Å²) < 4.78 is 10.7. The van der Waals surface area contributed by atoms with Gasteiger partial charge in [-0.1, -0.05) is 17.3 Å². The summed E-state index contributed by atoms with van der Waals surface area (Å²) >= 11 is 0. The summed E-state index contributed by atoms with van der Waals surface area (Å²) in [6.07, 6.45) is 0.0157. The van der Waals surface area contributed by atoms with Crippen molar-refractivity contribution in [3.63, 3.8) is 0 Å². The van der Waals surface area contributed by atoms with Crippen LogP contribution >= 0.6 is 0 Å². The van der Waals surface area contributed by atoms with Gasteiger partial charge in [0.1, 0.15) is 12.4 Å². The minimum absolute atomic E-state index is 0.0157. The molecule has 1 aromatic carbocycles. The Kier molecular flexibility index (Phi) is 4.78. The largest absolute Gasteiger partial charge is 0.491 e. The monoisotopic (exact) mass is 238 g/mol. The minimum atomic E-state index is 0.0157. The van der Waals surface area contributed by atoms with Gasteiger partial charge in [-0.25, -0.2) is 0 Å². The van der Waals surface area contributed by atoms with Crippen molar-refractivity contribution >= 4 is 5.84 Å². The third-order valence-electron chi connectivity index (χ3n) is 2.47. The van der Waals surface area contributed by atoms with Crippen LogP contribution in [0.15, 0.2) is 23.4 Å². The van der Waals surface area contributed by atoms with Crippen molar-refractivity contribution < 1.29 is 14.7 Å². The molecule has 0 saturated carbocycles. The number of rotatable bonds is 5. The van der Waals surface area contributed by atoms with Gasteiger partial charge < -0.3 is 20.4 Å². The normalized spacial score (nSPS) is 13.5. The smallest absolute Gasteiger partial charge is 0.170 e.